The van der Waals surface area contributed by atoms with Crippen LogP contribution in [0.15, 0.2) is 24.3 Å². The lowest BCUT2D eigenvalue weighted by Gasteiger charge is -2.13. The molecule has 0 bridgehead atoms. The highest BCUT2D eigenvalue weighted by Crippen LogP contribution is 2.63. The van der Waals surface area contributed by atoms with E-state index in [1.54, 1.807) is 0 Å². The molecule has 2 amide bonds. The van der Waals surface area contributed by atoms with Crippen LogP contribution in [-0.2, 0) is 4.79 Å². The van der Waals surface area contributed by atoms with Crippen molar-refractivity contribution < 1.29 is 14.0 Å². The van der Waals surface area contributed by atoms with Gasteiger partial charge < -0.3 is 10.6 Å². The Labute approximate surface area is 123 Å². The zero-order valence-electron chi connectivity index (χ0n) is 11.8. The molecule has 0 radical (unpaired) electrons. The van der Waals surface area contributed by atoms with Gasteiger partial charge in [-0.1, -0.05) is 6.42 Å². The van der Waals surface area contributed by atoms with E-state index < -0.39 is 0 Å². The minimum Gasteiger partial charge on any atom is -0.354 e. The van der Waals surface area contributed by atoms with Crippen molar-refractivity contribution in [3.63, 3.8) is 0 Å². The number of fused-ring (bicyclic) bond motifs is 1. The lowest BCUT2D eigenvalue weighted by atomic mass is 10.0. The smallest absolute Gasteiger partial charge is 0.251 e. The van der Waals surface area contributed by atoms with E-state index in [9.17, 15) is 14.0 Å². The molecular formula is C16H19FN2O2. The van der Waals surface area contributed by atoms with Crippen molar-refractivity contribution in [1.29, 1.82) is 0 Å². The highest BCUT2D eigenvalue weighted by atomic mass is 19.1. The molecule has 0 saturated heterocycles. The number of nitrogens with one attached hydrogen (secondary N) is 2. The Morgan fingerprint density at radius 2 is 1.90 bits per heavy atom. The molecule has 112 valence electrons. The topological polar surface area (TPSA) is 58.2 Å². The molecule has 4 nitrogen and oxygen atoms in total. The van der Waals surface area contributed by atoms with Crippen LogP contribution in [0.5, 0.6) is 0 Å². The van der Waals surface area contributed by atoms with Crippen molar-refractivity contribution in [2.75, 3.05) is 13.1 Å². The van der Waals surface area contributed by atoms with E-state index in [0.29, 0.717) is 24.6 Å². The van der Waals surface area contributed by atoms with E-state index in [-0.39, 0.29) is 23.0 Å². The van der Waals surface area contributed by atoms with E-state index in [2.05, 4.69) is 10.6 Å². The van der Waals surface area contributed by atoms with E-state index >= 15 is 0 Å². The summed E-state index contributed by atoms with van der Waals surface area (Å²) in [5.74, 6) is 0.105. The third-order valence-corrected chi connectivity index (χ3v) is 4.66. The lowest BCUT2D eigenvalue weighted by Crippen LogP contribution is -2.38. The van der Waals surface area contributed by atoms with Crippen LogP contribution in [-0.4, -0.2) is 24.9 Å². The zero-order chi connectivity index (χ0) is 14.9. The van der Waals surface area contributed by atoms with Crippen molar-refractivity contribution in [2.45, 2.75) is 25.7 Å². The Bertz CT molecular complexity index is 558. The summed E-state index contributed by atoms with van der Waals surface area (Å²) in [5, 5.41) is 5.62. The fourth-order valence-electron chi connectivity index (χ4n) is 3.35. The van der Waals surface area contributed by atoms with Crippen molar-refractivity contribution in [1.82, 2.24) is 10.6 Å². The summed E-state index contributed by atoms with van der Waals surface area (Å²) in [5.41, 5.74) is 0.334. The average molecular weight is 290 g/mol. The van der Waals surface area contributed by atoms with Crippen molar-refractivity contribution in [3.05, 3.63) is 35.6 Å². The number of hydrogen-bond acceptors (Lipinski definition) is 2. The second kappa shape index (κ2) is 5.47. The first kappa shape index (κ1) is 14.0. The highest BCUT2D eigenvalue weighted by Gasteiger charge is 2.61. The molecule has 0 unspecified atom stereocenters. The Morgan fingerprint density at radius 3 is 2.52 bits per heavy atom. The normalized spacial score (nSPS) is 26.0. The maximum Gasteiger partial charge on any atom is 0.251 e. The quantitative estimate of drug-likeness (QED) is 0.813. The maximum atomic E-state index is 12.8. The molecular weight excluding hydrogens is 271 g/mol. The van der Waals surface area contributed by atoms with Crippen molar-refractivity contribution >= 4 is 11.8 Å². The van der Waals surface area contributed by atoms with Crippen LogP contribution < -0.4 is 10.6 Å². The molecule has 0 spiro atoms. The largest absolute Gasteiger partial charge is 0.354 e. The fraction of sp³-hybridized carbons (Fsp3) is 0.500. The Balaban J connectivity index is 1.39. The standard InChI is InChI=1S/C16H19FN2O2/c17-13-5-3-11(4-6-13)14(20)18-8-9-19-15(21)16-7-1-2-12(16)10-16/h3-6,12H,1-2,7-10H2,(H,18,20)(H,19,21)/t12-,16+/m1/s1. The molecule has 2 saturated carbocycles. The maximum absolute atomic E-state index is 12.8. The average Bonchev–Trinajstić information content (AvgIpc) is 3.06. The van der Waals surface area contributed by atoms with Crippen molar-refractivity contribution in [3.8, 4) is 0 Å². The van der Waals surface area contributed by atoms with Gasteiger partial charge in [-0.25, -0.2) is 4.39 Å². The van der Waals surface area contributed by atoms with Gasteiger partial charge in [-0.05, 0) is 49.4 Å². The molecule has 3 rings (SSSR count). The van der Waals surface area contributed by atoms with E-state index in [1.165, 1.54) is 30.7 Å². The van der Waals surface area contributed by atoms with Gasteiger partial charge in [0.15, 0.2) is 0 Å². The summed E-state index contributed by atoms with van der Waals surface area (Å²) in [6.07, 6.45) is 4.36. The summed E-state index contributed by atoms with van der Waals surface area (Å²) in [6, 6.07) is 5.39. The van der Waals surface area contributed by atoms with E-state index in [1.807, 2.05) is 0 Å². The number of halogens is 1. The molecule has 1 aromatic carbocycles. The fourth-order valence-corrected chi connectivity index (χ4v) is 3.35. The second-order valence-corrected chi connectivity index (χ2v) is 5.97. The van der Waals surface area contributed by atoms with E-state index in [0.717, 1.165) is 19.3 Å². The monoisotopic (exact) mass is 290 g/mol. The zero-order valence-corrected chi connectivity index (χ0v) is 11.8. The summed E-state index contributed by atoms with van der Waals surface area (Å²) in [7, 11) is 0. The van der Waals surface area contributed by atoms with E-state index in [4.69, 9.17) is 0 Å². The molecule has 1 aromatic rings. The van der Waals surface area contributed by atoms with Gasteiger partial charge in [0.2, 0.25) is 5.91 Å². The molecule has 0 aromatic heterocycles. The van der Waals surface area contributed by atoms with Gasteiger partial charge in [-0.2, -0.15) is 0 Å². The van der Waals surface area contributed by atoms with Gasteiger partial charge in [-0.3, -0.25) is 9.59 Å². The first-order valence-electron chi connectivity index (χ1n) is 7.44. The summed E-state index contributed by atoms with van der Waals surface area (Å²) in [4.78, 5) is 23.9. The van der Waals surface area contributed by atoms with Crippen molar-refractivity contribution in [2.24, 2.45) is 11.3 Å². The number of carbonyl (C=O) groups excluding carboxylic acids is 2. The minimum atomic E-state index is -0.367. The Hall–Kier alpha value is -1.91. The Kier molecular flexibility index (Phi) is 3.66. The number of rotatable bonds is 5. The number of benzene rings is 1. The van der Waals surface area contributed by atoms with Gasteiger partial charge in [0, 0.05) is 18.7 Å². The molecule has 0 heterocycles. The van der Waals surface area contributed by atoms with Gasteiger partial charge in [0.25, 0.3) is 5.91 Å². The van der Waals surface area contributed by atoms with Crippen LogP contribution in [0, 0.1) is 17.2 Å². The molecule has 2 aliphatic carbocycles. The van der Waals surface area contributed by atoms with Crippen LogP contribution in [0.25, 0.3) is 0 Å². The van der Waals surface area contributed by atoms with Crippen LogP contribution in [0.3, 0.4) is 0 Å². The predicted molar refractivity (Wildman–Crippen MR) is 76.1 cm³/mol. The van der Waals surface area contributed by atoms with Gasteiger partial charge in [-0.15, -0.1) is 0 Å². The highest BCUT2D eigenvalue weighted by molar-refractivity contribution is 5.94. The van der Waals surface area contributed by atoms with Crippen LogP contribution in [0.4, 0.5) is 4.39 Å². The molecule has 2 aliphatic rings. The number of hydrogen-bond donors (Lipinski definition) is 2. The molecule has 2 N–H and O–H groups in total. The van der Waals surface area contributed by atoms with Crippen LogP contribution in [0.1, 0.15) is 36.0 Å². The number of amides is 2. The third-order valence-electron chi connectivity index (χ3n) is 4.66. The van der Waals surface area contributed by atoms with Gasteiger partial charge in [0.05, 0.1) is 5.41 Å². The first-order valence-corrected chi connectivity index (χ1v) is 7.44. The molecule has 2 atom stereocenters. The summed E-state index contributed by atoms with van der Waals surface area (Å²) in [6.45, 7) is 0.808. The summed E-state index contributed by atoms with van der Waals surface area (Å²) >= 11 is 0. The second-order valence-electron chi connectivity index (χ2n) is 5.97. The predicted octanol–water partition coefficient (Wildman–Crippen LogP) is 1.86. The summed E-state index contributed by atoms with van der Waals surface area (Å²) < 4.78 is 12.8. The molecule has 5 heteroatoms. The molecule has 21 heavy (non-hydrogen) atoms. The van der Waals surface area contributed by atoms with Crippen LogP contribution in [0.2, 0.25) is 0 Å². The Morgan fingerprint density at radius 1 is 1.19 bits per heavy atom. The molecule has 2 fully saturated rings. The van der Waals surface area contributed by atoms with Gasteiger partial charge >= 0.3 is 0 Å². The third kappa shape index (κ3) is 2.77. The first-order chi connectivity index (χ1) is 10.1. The van der Waals surface area contributed by atoms with Crippen LogP contribution >= 0.6 is 0 Å². The number of carbonyl (C=O) groups is 2. The lowest BCUT2D eigenvalue weighted by molar-refractivity contribution is -0.126. The SMILES string of the molecule is O=C(NCCNC(=O)[C@]12CCC[C@@H]1C2)c1ccc(F)cc1. The molecule has 0 aliphatic heterocycles. The van der Waals surface area contributed by atoms with Gasteiger partial charge in [0.1, 0.15) is 5.82 Å². The minimum absolute atomic E-state index is 0.0824.